The van der Waals surface area contributed by atoms with Crippen LogP contribution in [-0.4, -0.2) is 35.7 Å². The molecule has 0 saturated carbocycles. The molecular formula is C11H23ClN2O2. The van der Waals surface area contributed by atoms with Gasteiger partial charge in [0.25, 0.3) is 0 Å². The van der Waals surface area contributed by atoms with Crippen molar-refractivity contribution in [3.8, 4) is 0 Å². The molecule has 0 aliphatic carbocycles. The third-order valence-corrected chi connectivity index (χ3v) is 3.11. The summed E-state index contributed by atoms with van der Waals surface area (Å²) in [6, 6.07) is 0. The van der Waals surface area contributed by atoms with Gasteiger partial charge < -0.3 is 15.7 Å². The second-order valence-corrected chi connectivity index (χ2v) is 4.88. The summed E-state index contributed by atoms with van der Waals surface area (Å²) in [6.07, 6.45) is 1.45. The van der Waals surface area contributed by atoms with Crippen molar-refractivity contribution in [1.82, 2.24) is 10.6 Å². The molecule has 0 radical (unpaired) electrons. The van der Waals surface area contributed by atoms with Gasteiger partial charge in [0.05, 0.1) is 11.6 Å². The molecule has 2 atom stereocenters. The number of nitrogens with one attached hydrogen (secondary N) is 2. The quantitative estimate of drug-likeness (QED) is 0.688. The Labute approximate surface area is 104 Å². The van der Waals surface area contributed by atoms with Crippen molar-refractivity contribution < 1.29 is 9.90 Å². The van der Waals surface area contributed by atoms with Gasteiger partial charge in [0, 0.05) is 6.54 Å². The first kappa shape index (κ1) is 15.7. The minimum absolute atomic E-state index is 0. The number of carbonyl (C=O) groups excluding carboxylic acids is 1. The Balaban J connectivity index is 0.00000225. The standard InChI is InChI=1S/C11H22N2O2.ClH/c1-8(2)9(14)7-12-10(15)11(3)5-4-6-13-11;/h8-9,13-14H,4-7H2,1-3H3,(H,12,15);1H. The van der Waals surface area contributed by atoms with Crippen LogP contribution in [0, 0.1) is 5.92 Å². The SMILES string of the molecule is CC(C)C(O)CNC(=O)C1(C)CCCN1.Cl. The van der Waals surface area contributed by atoms with Gasteiger partial charge in [-0.15, -0.1) is 12.4 Å². The molecule has 1 aliphatic heterocycles. The second kappa shape index (κ2) is 6.42. The van der Waals surface area contributed by atoms with Crippen LogP contribution in [0.15, 0.2) is 0 Å². The zero-order valence-electron chi connectivity index (χ0n) is 10.2. The van der Waals surface area contributed by atoms with Gasteiger partial charge in [-0.25, -0.2) is 0 Å². The smallest absolute Gasteiger partial charge is 0.240 e. The molecule has 5 heteroatoms. The van der Waals surface area contributed by atoms with E-state index in [1.807, 2.05) is 20.8 Å². The molecule has 16 heavy (non-hydrogen) atoms. The molecule has 96 valence electrons. The Kier molecular flexibility index (Phi) is 6.30. The normalized spacial score (nSPS) is 26.3. The minimum Gasteiger partial charge on any atom is -0.391 e. The van der Waals surface area contributed by atoms with E-state index in [2.05, 4.69) is 10.6 Å². The van der Waals surface area contributed by atoms with Crippen LogP contribution in [0.1, 0.15) is 33.6 Å². The Hall–Kier alpha value is -0.320. The minimum atomic E-state index is -0.459. The molecule has 0 bridgehead atoms. The maximum absolute atomic E-state index is 11.8. The van der Waals surface area contributed by atoms with E-state index in [1.54, 1.807) is 0 Å². The van der Waals surface area contributed by atoms with Gasteiger partial charge >= 0.3 is 0 Å². The summed E-state index contributed by atoms with van der Waals surface area (Å²) < 4.78 is 0. The lowest BCUT2D eigenvalue weighted by molar-refractivity contribution is -0.127. The molecule has 1 amide bonds. The number of carbonyl (C=O) groups is 1. The zero-order valence-corrected chi connectivity index (χ0v) is 11.1. The molecule has 1 fully saturated rings. The van der Waals surface area contributed by atoms with E-state index in [0.717, 1.165) is 19.4 Å². The molecule has 4 nitrogen and oxygen atoms in total. The number of halogens is 1. The van der Waals surface area contributed by atoms with Gasteiger partial charge in [0.2, 0.25) is 5.91 Å². The fraction of sp³-hybridized carbons (Fsp3) is 0.909. The van der Waals surface area contributed by atoms with Gasteiger partial charge in [-0.2, -0.15) is 0 Å². The predicted molar refractivity (Wildman–Crippen MR) is 66.7 cm³/mol. The van der Waals surface area contributed by atoms with Crippen LogP contribution < -0.4 is 10.6 Å². The second-order valence-electron chi connectivity index (χ2n) is 4.88. The fourth-order valence-corrected chi connectivity index (χ4v) is 1.72. The number of rotatable bonds is 4. The largest absolute Gasteiger partial charge is 0.391 e. The summed E-state index contributed by atoms with van der Waals surface area (Å²) in [6.45, 7) is 7.03. The van der Waals surface area contributed by atoms with E-state index in [0.29, 0.717) is 6.54 Å². The number of hydrogen-bond acceptors (Lipinski definition) is 3. The Morgan fingerprint density at radius 3 is 2.62 bits per heavy atom. The Bertz CT molecular complexity index is 228. The highest BCUT2D eigenvalue weighted by atomic mass is 35.5. The molecule has 1 aliphatic rings. The lowest BCUT2D eigenvalue weighted by atomic mass is 9.99. The van der Waals surface area contributed by atoms with Crippen LogP contribution in [0.3, 0.4) is 0 Å². The summed E-state index contributed by atoms with van der Waals surface area (Å²) in [7, 11) is 0. The van der Waals surface area contributed by atoms with Gasteiger partial charge in [0.15, 0.2) is 0 Å². The first-order valence-corrected chi connectivity index (χ1v) is 5.67. The number of hydrogen-bond donors (Lipinski definition) is 3. The molecule has 0 aromatic heterocycles. The maximum atomic E-state index is 11.8. The van der Waals surface area contributed by atoms with Crippen LogP contribution in [0.5, 0.6) is 0 Å². The van der Waals surface area contributed by atoms with Crippen molar-refractivity contribution in [2.24, 2.45) is 5.92 Å². The Morgan fingerprint density at radius 2 is 2.19 bits per heavy atom. The molecule has 0 aromatic rings. The fourth-order valence-electron chi connectivity index (χ4n) is 1.72. The summed E-state index contributed by atoms with van der Waals surface area (Å²) in [5.74, 6) is 0.175. The highest BCUT2D eigenvalue weighted by molar-refractivity contribution is 5.86. The van der Waals surface area contributed by atoms with Crippen LogP contribution in [0.25, 0.3) is 0 Å². The molecule has 1 rings (SSSR count). The topological polar surface area (TPSA) is 61.4 Å². The predicted octanol–water partition coefficient (Wildman–Crippen LogP) is 0.683. The van der Waals surface area contributed by atoms with Gasteiger partial charge in [0.1, 0.15) is 0 Å². The average Bonchev–Trinajstić information content (AvgIpc) is 2.62. The monoisotopic (exact) mass is 250 g/mol. The third-order valence-electron chi connectivity index (χ3n) is 3.11. The molecule has 1 heterocycles. The van der Waals surface area contributed by atoms with Crippen LogP contribution in [-0.2, 0) is 4.79 Å². The molecule has 0 spiro atoms. The van der Waals surface area contributed by atoms with Crippen molar-refractivity contribution in [2.75, 3.05) is 13.1 Å². The van der Waals surface area contributed by atoms with Gasteiger partial charge in [-0.05, 0) is 32.2 Å². The summed E-state index contributed by atoms with van der Waals surface area (Å²) in [5, 5.41) is 15.6. The Morgan fingerprint density at radius 1 is 1.56 bits per heavy atom. The molecule has 3 N–H and O–H groups in total. The van der Waals surface area contributed by atoms with Crippen LogP contribution in [0.4, 0.5) is 0 Å². The summed E-state index contributed by atoms with van der Waals surface area (Å²) in [4.78, 5) is 11.8. The maximum Gasteiger partial charge on any atom is 0.240 e. The molecular weight excluding hydrogens is 228 g/mol. The number of amides is 1. The first-order chi connectivity index (χ1) is 6.96. The average molecular weight is 251 g/mol. The van der Waals surface area contributed by atoms with E-state index >= 15 is 0 Å². The van der Waals surface area contributed by atoms with E-state index in [-0.39, 0.29) is 24.2 Å². The molecule has 2 unspecified atom stereocenters. The van der Waals surface area contributed by atoms with Crippen molar-refractivity contribution in [3.63, 3.8) is 0 Å². The van der Waals surface area contributed by atoms with Crippen molar-refractivity contribution in [3.05, 3.63) is 0 Å². The highest BCUT2D eigenvalue weighted by Gasteiger charge is 2.35. The summed E-state index contributed by atoms with van der Waals surface area (Å²) >= 11 is 0. The number of aliphatic hydroxyl groups is 1. The molecule has 1 saturated heterocycles. The third kappa shape index (κ3) is 3.92. The molecule has 0 aromatic carbocycles. The van der Waals surface area contributed by atoms with E-state index in [9.17, 15) is 9.90 Å². The highest BCUT2D eigenvalue weighted by Crippen LogP contribution is 2.18. The lowest BCUT2D eigenvalue weighted by Crippen LogP contribution is -2.52. The van der Waals surface area contributed by atoms with Gasteiger partial charge in [-0.3, -0.25) is 4.79 Å². The van der Waals surface area contributed by atoms with Crippen LogP contribution in [0.2, 0.25) is 0 Å². The van der Waals surface area contributed by atoms with Gasteiger partial charge in [-0.1, -0.05) is 13.8 Å². The lowest BCUT2D eigenvalue weighted by Gasteiger charge is -2.24. The van der Waals surface area contributed by atoms with Crippen molar-refractivity contribution in [1.29, 1.82) is 0 Å². The zero-order chi connectivity index (χ0) is 11.5. The van der Waals surface area contributed by atoms with E-state index in [4.69, 9.17) is 0 Å². The van der Waals surface area contributed by atoms with E-state index < -0.39 is 11.6 Å². The van der Waals surface area contributed by atoms with Crippen molar-refractivity contribution in [2.45, 2.75) is 45.3 Å². The summed E-state index contributed by atoms with van der Waals surface area (Å²) in [5.41, 5.74) is -0.434. The number of aliphatic hydroxyl groups excluding tert-OH is 1. The van der Waals surface area contributed by atoms with E-state index in [1.165, 1.54) is 0 Å². The van der Waals surface area contributed by atoms with Crippen molar-refractivity contribution >= 4 is 18.3 Å². The van der Waals surface area contributed by atoms with Crippen LogP contribution >= 0.6 is 12.4 Å². The first-order valence-electron chi connectivity index (χ1n) is 5.67.